The van der Waals surface area contributed by atoms with Crippen LogP contribution < -0.4 is 0 Å². The molecule has 0 aliphatic carbocycles. The van der Waals surface area contributed by atoms with Gasteiger partial charge < -0.3 is 9.42 Å². The zero-order valence-electron chi connectivity index (χ0n) is 16.0. The number of rotatable bonds is 4. The summed E-state index contributed by atoms with van der Waals surface area (Å²) >= 11 is 0. The maximum absolute atomic E-state index is 13.4. The van der Waals surface area contributed by atoms with Gasteiger partial charge in [0.15, 0.2) is 5.69 Å². The van der Waals surface area contributed by atoms with E-state index in [0.29, 0.717) is 37.6 Å². The molecule has 0 atom stereocenters. The minimum atomic E-state index is -0.301. The molecule has 1 aliphatic rings. The van der Waals surface area contributed by atoms with Crippen molar-refractivity contribution < 1.29 is 18.1 Å². The molecule has 3 aromatic rings. The van der Waals surface area contributed by atoms with Crippen LogP contribution in [0.3, 0.4) is 0 Å². The third-order valence-corrected chi connectivity index (χ3v) is 5.19. The van der Waals surface area contributed by atoms with Crippen LogP contribution in [0.4, 0.5) is 8.78 Å². The smallest absolute Gasteiger partial charge is 0.276 e. The van der Waals surface area contributed by atoms with E-state index in [2.05, 4.69) is 10.1 Å². The third-order valence-electron chi connectivity index (χ3n) is 5.19. The lowest BCUT2D eigenvalue weighted by Gasteiger charge is -2.39. The standard InChI is InChI=1S/C22H21F2N3O2/c1-15-14-20(25-29-15)22(28)27-12-10-26(11-13-27)21(16-2-6-18(23)7-3-16)17-4-8-19(24)9-5-17/h2-9,14,21H,10-13H2,1H3. The molecule has 150 valence electrons. The molecule has 2 heterocycles. The lowest BCUT2D eigenvalue weighted by Crippen LogP contribution is -2.50. The number of benzene rings is 2. The minimum absolute atomic E-state index is 0.150. The van der Waals surface area contributed by atoms with Gasteiger partial charge in [0.05, 0.1) is 6.04 Å². The van der Waals surface area contributed by atoms with E-state index >= 15 is 0 Å². The van der Waals surface area contributed by atoms with Crippen LogP contribution in [0.15, 0.2) is 59.1 Å². The summed E-state index contributed by atoms with van der Waals surface area (Å²) in [7, 11) is 0. The number of nitrogens with zero attached hydrogens (tertiary/aromatic N) is 3. The lowest BCUT2D eigenvalue weighted by atomic mass is 9.96. The Kier molecular flexibility index (Phi) is 5.40. The first-order valence-electron chi connectivity index (χ1n) is 9.49. The van der Waals surface area contributed by atoms with Gasteiger partial charge in [-0.15, -0.1) is 0 Å². The third kappa shape index (κ3) is 4.19. The highest BCUT2D eigenvalue weighted by Crippen LogP contribution is 2.30. The number of hydrogen-bond acceptors (Lipinski definition) is 4. The van der Waals surface area contributed by atoms with Crippen molar-refractivity contribution in [2.45, 2.75) is 13.0 Å². The molecule has 1 amide bonds. The van der Waals surface area contributed by atoms with Crippen molar-refractivity contribution >= 4 is 5.91 Å². The normalized spacial score (nSPS) is 15.1. The molecule has 0 saturated carbocycles. The molecule has 0 radical (unpaired) electrons. The number of halogens is 2. The number of amides is 1. The molecule has 1 fully saturated rings. The van der Waals surface area contributed by atoms with Crippen LogP contribution in [0.1, 0.15) is 33.4 Å². The van der Waals surface area contributed by atoms with Gasteiger partial charge in [-0.25, -0.2) is 8.78 Å². The summed E-state index contributed by atoms with van der Waals surface area (Å²) in [6.45, 7) is 4.06. The van der Waals surface area contributed by atoms with Gasteiger partial charge in [-0.3, -0.25) is 9.69 Å². The zero-order valence-corrected chi connectivity index (χ0v) is 16.0. The molecular weight excluding hydrogens is 376 g/mol. The Hall–Kier alpha value is -3.06. The SMILES string of the molecule is Cc1cc(C(=O)N2CCN(C(c3ccc(F)cc3)c3ccc(F)cc3)CC2)no1. The van der Waals surface area contributed by atoms with Crippen molar-refractivity contribution in [3.05, 3.63) is 88.8 Å². The second-order valence-corrected chi connectivity index (χ2v) is 7.16. The first-order chi connectivity index (χ1) is 14.0. The first-order valence-corrected chi connectivity index (χ1v) is 9.49. The molecule has 4 rings (SSSR count). The fraction of sp³-hybridized carbons (Fsp3) is 0.273. The van der Waals surface area contributed by atoms with Crippen molar-refractivity contribution in [1.29, 1.82) is 0 Å². The Morgan fingerprint density at radius 3 is 1.90 bits per heavy atom. The van der Waals surface area contributed by atoms with Gasteiger partial charge in [0, 0.05) is 32.2 Å². The molecule has 0 bridgehead atoms. The fourth-order valence-electron chi connectivity index (χ4n) is 3.72. The lowest BCUT2D eigenvalue weighted by molar-refractivity contribution is 0.0587. The Morgan fingerprint density at radius 2 is 1.45 bits per heavy atom. The molecule has 1 saturated heterocycles. The van der Waals surface area contributed by atoms with Crippen molar-refractivity contribution in [2.75, 3.05) is 26.2 Å². The summed E-state index contributed by atoms with van der Waals surface area (Å²) in [5.74, 6) is -0.156. The van der Waals surface area contributed by atoms with Crippen LogP contribution in [-0.4, -0.2) is 47.0 Å². The molecule has 0 spiro atoms. The van der Waals surface area contributed by atoms with Crippen LogP contribution >= 0.6 is 0 Å². The minimum Gasteiger partial charge on any atom is -0.361 e. The molecule has 5 nitrogen and oxygen atoms in total. The van der Waals surface area contributed by atoms with E-state index in [4.69, 9.17) is 4.52 Å². The maximum Gasteiger partial charge on any atom is 0.276 e. The van der Waals surface area contributed by atoms with Crippen LogP contribution in [-0.2, 0) is 0 Å². The summed E-state index contributed by atoms with van der Waals surface area (Å²) in [6, 6.07) is 14.2. The predicted octanol–water partition coefficient (Wildman–Crippen LogP) is 3.81. The number of piperazine rings is 1. The molecule has 2 aromatic carbocycles. The average Bonchev–Trinajstić information content (AvgIpc) is 3.17. The highest BCUT2D eigenvalue weighted by Gasteiger charge is 2.29. The van der Waals surface area contributed by atoms with E-state index in [9.17, 15) is 13.6 Å². The van der Waals surface area contributed by atoms with Crippen molar-refractivity contribution in [1.82, 2.24) is 15.0 Å². The van der Waals surface area contributed by atoms with E-state index < -0.39 is 0 Å². The van der Waals surface area contributed by atoms with Gasteiger partial charge in [-0.1, -0.05) is 29.4 Å². The quantitative estimate of drug-likeness (QED) is 0.672. The number of hydrogen-bond donors (Lipinski definition) is 0. The Balaban J connectivity index is 1.54. The van der Waals surface area contributed by atoms with Crippen LogP contribution in [0.5, 0.6) is 0 Å². The van der Waals surface area contributed by atoms with E-state index in [1.165, 1.54) is 24.3 Å². The molecule has 29 heavy (non-hydrogen) atoms. The van der Waals surface area contributed by atoms with E-state index in [1.807, 2.05) is 0 Å². The fourth-order valence-corrected chi connectivity index (χ4v) is 3.72. The van der Waals surface area contributed by atoms with Gasteiger partial charge in [0.1, 0.15) is 17.4 Å². The van der Waals surface area contributed by atoms with Gasteiger partial charge in [-0.05, 0) is 42.3 Å². The first kappa shape index (κ1) is 19.3. The Morgan fingerprint density at radius 1 is 0.931 bits per heavy atom. The second-order valence-electron chi connectivity index (χ2n) is 7.16. The van der Waals surface area contributed by atoms with Gasteiger partial charge in [0.2, 0.25) is 0 Å². The van der Waals surface area contributed by atoms with E-state index in [-0.39, 0.29) is 23.6 Å². The summed E-state index contributed by atoms with van der Waals surface area (Å²) in [4.78, 5) is 16.6. The number of carbonyl (C=O) groups excluding carboxylic acids is 1. The van der Waals surface area contributed by atoms with E-state index in [0.717, 1.165) is 11.1 Å². The summed E-state index contributed by atoms with van der Waals surface area (Å²) in [5.41, 5.74) is 2.15. The topological polar surface area (TPSA) is 49.6 Å². The molecule has 7 heteroatoms. The summed E-state index contributed by atoms with van der Waals surface area (Å²) < 4.78 is 31.9. The highest BCUT2D eigenvalue weighted by molar-refractivity contribution is 5.92. The summed E-state index contributed by atoms with van der Waals surface area (Å²) in [6.07, 6.45) is 0. The number of aromatic nitrogens is 1. The second kappa shape index (κ2) is 8.13. The van der Waals surface area contributed by atoms with Crippen LogP contribution in [0.25, 0.3) is 0 Å². The molecular formula is C22H21F2N3O2. The molecule has 1 aromatic heterocycles. The number of carbonyl (C=O) groups is 1. The molecule has 0 N–H and O–H groups in total. The van der Waals surface area contributed by atoms with Crippen LogP contribution in [0.2, 0.25) is 0 Å². The highest BCUT2D eigenvalue weighted by atomic mass is 19.1. The molecule has 0 unspecified atom stereocenters. The van der Waals surface area contributed by atoms with Crippen LogP contribution in [0, 0.1) is 18.6 Å². The largest absolute Gasteiger partial charge is 0.361 e. The van der Waals surface area contributed by atoms with Crippen molar-refractivity contribution in [3.63, 3.8) is 0 Å². The maximum atomic E-state index is 13.4. The summed E-state index contributed by atoms with van der Waals surface area (Å²) in [5, 5.41) is 3.81. The van der Waals surface area contributed by atoms with Gasteiger partial charge in [-0.2, -0.15) is 0 Å². The predicted molar refractivity (Wildman–Crippen MR) is 103 cm³/mol. The van der Waals surface area contributed by atoms with Crippen molar-refractivity contribution in [2.24, 2.45) is 0 Å². The monoisotopic (exact) mass is 397 g/mol. The number of aryl methyl sites for hydroxylation is 1. The zero-order chi connectivity index (χ0) is 20.4. The van der Waals surface area contributed by atoms with Crippen molar-refractivity contribution in [3.8, 4) is 0 Å². The van der Waals surface area contributed by atoms with E-state index in [1.54, 1.807) is 42.2 Å². The Bertz CT molecular complexity index is 933. The molecule has 1 aliphatic heterocycles. The average molecular weight is 397 g/mol. The van der Waals surface area contributed by atoms with Gasteiger partial charge in [0.25, 0.3) is 5.91 Å². The Labute approximate surface area is 167 Å². The van der Waals surface area contributed by atoms with Gasteiger partial charge >= 0.3 is 0 Å².